The topological polar surface area (TPSA) is 70.6 Å². The number of nitrogens with zero attached hydrogens (tertiary/aromatic N) is 4. The first-order valence-corrected chi connectivity index (χ1v) is 13.3. The van der Waals surface area contributed by atoms with Crippen LogP contribution in [0, 0.1) is 0 Å². The van der Waals surface area contributed by atoms with Crippen LogP contribution in [0.2, 0.25) is 0 Å². The number of benzene rings is 2. The Kier molecular flexibility index (Phi) is 9.49. The van der Waals surface area contributed by atoms with Crippen molar-refractivity contribution >= 4 is 17.5 Å². The first-order valence-electron chi connectivity index (χ1n) is 13.3. The van der Waals surface area contributed by atoms with Crippen LogP contribution in [0.5, 0.6) is 5.75 Å². The van der Waals surface area contributed by atoms with Gasteiger partial charge in [-0.25, -0.2) is 4.98 Å². The van der Waals surface area contributed by atoms with Crippen molar-refractivity contribution < 1.29 is 9.53 Å². The van der Waals surface area contributed by atoms with Gasteiger partial charge in [0.15, 0.2) is 5.78 Å². The van der Waals surface area contributed by atoms with Gasteiger partial charge in [-0.3, -0.25) is 4.79 Å². The maximum atomic E-state index is 13.1. The van der Waals surface area contributed by atoms with Crippen LogP contribution in [0.25, 0.3) is 0 Å². The zero-order valence-electron chi connectivity index (χ0n) is 22.3. The summed E-state index contributed by atoms with van der Waals surface area (Å²) in [6.07, 6.45) is 4.86. The van der Waals surface area contributed by atoms with Gasteiger partial charge < -0.3 is 19.9 Å². The van der Waals surface area contributed by atoms with Crippen molar-refractivity contribution in [2.45, 2.75) is 45.1 Å². The van der Waals surface area contributed by atoms with E-state index in [1.807, 2.05) is 26.1 Å². The van der Waals surface area contributed by atoms with Crippen LogP contribution in [0.15, 0.2) is 60.8 Å². The van der Waals surface area contributed by atoms with E-state index in [2.05, 4.69) is 74.6 Å². The number of carbonyl (C=O) groups is 1. The third kappa shape index (κ3) is 7.52. The van der Waals surface area contributed by atoms with E-state index in [-0.39, 0.29) is 11.7 Å². The zero-order chi connectivity index (χ0) is 26.0. The summed E-state index contributed by atoms with van der Waals surface area (Å²) in [6, 6.07) is 18.9. The van der Waals surface area contributed by atoms with Gasteiger partial charge in [0.25, 0.3) is 0 Å². The Morgan fingerprint density at radius 2 is 1.97 bits per heavy atom. The molecule has 1 aliphatic rings. The quantitative estimate of drug-likeness (QED) is 0.373. The second kappa shape index (κ2) is 13.2. The molecule has 1 atom stereocenters. The van der Waals surface area contributed by atoms with Gasteiger partial charge in [0.1, 0.15) is 11.6 Å². The monoisotopic (exact) mass is 501 g/mol. The second-order valence-corrected chi connectivity index (χ2v) is 9.83. The van der Waals surface area contributed by atoms with Crippen molar-refractivity contribution in [2.24, 2.45) is 0 Å². The summed E-state index contributed by atoms with van der Waals surface area (Å²) >= 11 is 0. The highest BCUT2D eigenvalue weighted by Gasteiger charge is 2.23. The van der Waals surface area contributed by atoms with Gasteiger partial charge in [-0.2, -0.15) is 4.98 Å². The molecule has 0 bridgehead atoms. The molecule has 1 N–H and O–H groups in total. The van der Waals surface area contributed by atoms with Crippen LogP contribution in [0.1, 0.15) is 60.0 Å². The van der Waals surface area contributed by atoms with Gasteiger partial charge >= 0.3 is 0 Å². The smallest absolute Gasteiger partial charge is 0.224 e. The molecule has 1 aliphatic heterocycles. The predicted molar refractivity (Wildman–Crippen MR) is 150 cm³/mol. The van der Waals surface area contributed by atoms with E-state index in [1.54, 1.807) is 6.20 Å². The minimum atomic E-state index is 0.101. The summed E-state index contributed by atoms with van der Waals surface area (Å²) in [7, 11) is 4.15. The van der Waals surface area contributed by atoms with Crippen molar-refractivity contribution in [1.29, 1.82) is 0 Å². The number of fused-ring (bicyclic) bond motifs is 1. The Bertz CT molecular complexity index is 1150. The summed E-state index contributed by atoms with van der Waals surface area (Å²) < 4.78 is 6.12. The van der Waals surface area contributed by atoms with E-state index in [4.69, 9.17) is 4.74 Å². The molecule has 196 valence electrons. The predicted octanol–water partition coefficient (Wildman–Crippen LogP) is 5.40. The van der Waals surface area contributed by atoms with Gasteiger partial charge in [0.05, 0.1) is 12.2 Å². The number of aromatic nitrogens is 2. The highest BCUT2D eigenvalue weighted by atomic mass is 16.5. The number of hydrogen-bond acceptors (Lipinski definition) is 7. The fourth-order valence-corrected chi connectivity index (χ4v) is 4.83. The first kappa shape index (κ1) is 26.6. The number of ether oxygens (including phenoxy) is 1. The molecule has 0 fully saturated rings. The van der Waals surface area contributed by atoms with E-state index >= 15 is 0 Å². The molecule has 1 aromatic heterocycles. The van der Waals surface area contributed by atoms with Gasteiger partial charge in [-0.05, 0) is 62.4 Å². The highest BCUT2D eigenvalue weighted by Crippen LogP contribution is 2.32. The normalized spacial score (nSPS) is 16.1. The Labute approximate surface area is 220 Å². The molecule has 0 amide bonds. The van der Waals surface area contributed by atoms with E-state index in [0.29, 0.717) is 30.4 Å². The lowest BCUT2D eigenvalue weighted by molar-refractivity contribution is 0.0978. The van der Waals surface area contributed by atoms with Crippen LogP contribution in [0.3, 0.4) is 0 Å². The van der Waals surface area contributed by atoms with Crippen molar-refractivity contribution in [2.75, 3.05) is 50.6 Å². The molecule has 4 rings (SSSR count). The molecule has 7 nitrogen and oxygen atoms in total. The average Bonchev–Trinajstić information content (AvgIpc) is 2.97. The summed E-state index contributed by atoms with van der Waals surface area (Å²) in [5, 5.41) is 3.15. The molecule has 37 heavy (non-hydrogen) atoms. The van der Waals surface area contributed by atoms with Crippen LogP contribution in [-0.4, -0.2) is 61.0 Å². The Balaban J connectivity index is 1.33. The Morgan fingerprint density at radius 3 is 2.78 bits per heavy atom. The number of nitrogens with one attached hydrogen (secondary N) is 1. The molecule has 0 saturated heterocycles. The van der Waals surface area contributed by atoms with Gasteiger partial charge in [0, 0.05) is 45.8 Å². The molecule has 0 aliphatic carbocycles. The average molecular weight is 502 g/mol. The SMILES string of the molecule is CCNc1ncc2c(n1)N(C)CCC(c1cccc(OCCCN(C)Cc3ccccc3)c1)CCC2=O. The Morgan fingerprint density at radius 1 is 1.14 bits per heavy atom. The number of ketones is 1. The summed E-state index contributed by atoms with van der Waals surface area (Å²) in [5.74, 6) is 2.55. The third-order valence-corrected chi connectivity index (χ3v) is 6.88. The van der Waals surface area contributed by atoms with E-state index < -0.39 is 0 Å². The van der Waals surface area contributed by atoms with Crippen molar-refractivity contribution in [3.05, 3.63) is 77.5 Å². The van der Waals surface area contributed by atoms with Crippen molar-refractivity contribution in [3.8, 4) is 5.75 Å². The molecular weight excluding hydrogens is 462 g/mol. The summed E-state index contributed by atoms with van der Waals surface area (Å²) in [4.78, 5) is 26.4. The van der Waals surface area contributed by atoms with Crippen LogP contribution in [-0.2, 0) is 6.54 Å². The van der Waals surface area contributed by atoms with Gasteiger partial charge in [-0.1, -0.05) is 42.5 Å². The number of anilines is 2. The minimum Gasteiger partial charge on any atom is -0.494 e. The molecule has 1 unspecified atom stereocenters. The largest absolute Gasteiger partial charge is 0.494 e. The standard InChI is InChI=1S/C30H39N5O2/c1-4-31-30-32-21-27-28(36)15-14-24(16-18-35(3)29(27)33-30)25-12-8-13-26(20-25)37-19-9-17-34(2)22-23-10-6-5-7-11-23/h5-8,10-13,20-21,24H,4,9,14-19,22H2,1-3H3,(H,31,32,33). The van der Waals surface area contributed by atoms with Crippen molar-refractivity contribution in [1.82, 2.24) is 14.9 Å². The van der Waals surface area contributed by atoms with Crippen molar-refractivity contribution in [3.63, 3.8) is 0 Å². The molecule has 3 aromatic rings. The first-order chi connectivity index (χ1) is 18.0. The Hall–Kier alpha value is -3.45. The zero-order valence-corrected chi connectivity index (χ0v) is 22.3. The maximum Gasteiger partial charge on any atom is 0.224 e. The second-order valence-electron chi connectivity index (χ2n) is 9.83. The molecule has 2 aromatic carbocycles. The number of rotatable bonds is 10. The summed E-state index contributed by atoms with van der Waals surface area (Å²) in [5.41, 5.74) is 3.16. The molecule has 0 radical (unpaired) electrons. The number of Topliss-reactive ketones (excluding diaryl/α,β-unsaturated/α-hetero) is 1. The highest BCUT2D eigenvalue weighted by molar-refractivity contribution is 6.00. The third-order valence-electron chi connectivity index (χ3n) is 6.88. The maximum absolute atomic E-state index is 13.1. The lowest BCUT2D eigenvalue weighted by atomic mass is 9.90. The fraction of sp³-hybridized carbons (Fsp3) is 0.433. The van der Waals surface area contributed by atoms with Crippen LogP contribution in [0.4, 0.5) is 11.8 Å². The van der Waals surface area contributed by atoms with E-state index in [9.17, 15) is 4.79 Å². The fourth-order valence-electron chi connectivity index (χ4n) is 4.83. The lowest BCUT2D eigenvalue weighted by Crippen LogP contribution is -2.23. The molecule has 7 heteroatoms. The van der Waals surface area contributed by atoms with Crippen LogP contribution >= 0.6 is 0 Å². The molecule has 2 heterocycles. The summed E-state index contributed by atoms with van der Waals surface area (Å²) in [6.45, 7) is 6.15. The molecule has 0 saturated carbocycles. The van der Waals surface area contributed by atoms with E-state index in [1.165, 1.54) is 11.1 Å². The number of hydrogen-bond donors (Lipinski definition) is 1. The van der Waals surface area contributed by atoms with Gasteiger partial charge in [-0.15, -0.1) is 0 Å². The lowest BCUT2D eigenvalue weighted by Gasteiger charge is -2.22. The molecular formula is C30H39N5O2. The van der Waals surface area contributed by atoms with Crippen LogP contribution < -0.4 is 15.0 Å². The molecule has 0 spiro atoms. The minimum absolute atomic E-state index is 0.101. The van der Waals surface area contributed by atoms with Gasteiger partial charge in [0.2, 0.25) is 5.95 Å². The number of carbonyl (C=O) groups excluding carboxylic acids is 1. The van der Waals surface area contributed by atoms with E-state index in [0.717, 1.165) is 51.2 Å².